The molecule has 6 nitrogen and oxygen atoms in total. The summed E-state index contributed by atoms with van der Waals surface area (Å²) >= 11 is 0. The zero-order valence-electron chi connectivity index (χ0n) is 14.9. The number of hydrogen-bond donors (Lipinski definition) is 2. The normalized spacial score (nSPS) is 19.8. The second-order valence-corrected chi connectivity index (χ2v) is 6.61. The Bertz CT molecular complexity index is 972. The average molecular weight is 369 g/mol. The summed E-state index contributed by atoms with van der Waals surface area (Å²) in [5, 5.41) is 3.02. The number of aromatic nitrogens is 2. The molecule has 2 N–H and O–H groups in total. The number of halogens is 1. The Kier molecular flexibility index (Phi) is 4.77. The van der Waals surface area contributed by atoms with Crippen molar-refractivity contribution in [3.63, 3.8) is 0 Å². The molecule has 0 unspecified atom stereocenters. The van der Waals surface area contributed by atoms with E-state index in [1.54, 1.807) is 24.3 Å². The van der Waals surface area contributed by atoms with E-state index in [9.17, 15) is 9.18 Å². The van der Waals surface area contributed by atoms with E-state index in [2.05, 4.69) is 15.3 Å². The van der Waals surface area contributed by atoms with Crippen LogP contribution in [0.3, 0.4) is 0 Å². The summed E-state index contributed by atoms with van der Waals surface area (Å²) in [6, 6.07) is 11.1. The van der Waals surface area contributed by atoms with Gasteiger partial charge in [0.05, 0.1) is 23.7 Å². The van der Waals surface area contributed by atoms with E-state index in [-0.39, 0.29) is 23.9 Å². The molecule has 1 amide bonds. The minimum absolute atomic E-state index is 0.191. The number of hydrogen-bond acceptors (Lipinski definition) is 4. The molecule has 1 aromatic heterocycles. The van der Waals surface area contributed by atoms with Crippen LogP contribution in [0, 0.1) is 12.7 Å². The third-order valence-electron chi connectivity index (χ3n) is 4.57. The maximum atomic E-state index is 13.4. The molecule has 1 fully saturated rings. The summed E-state index contributed by atoms with van der Waals surface area (Å²) in [5.41, 5.74) is 2.18. The Balaban J connectivity index is 1.48. The molecule has 0 bridgehead atoms. The summed E-state index contributed by atoms with van der Waals surface area (Å²) < 4.78 is 24.7. The van der Waals surface area contributed by atoms with Crippen molar-refractivity contribution in [1.82, 2.24) is 15.3 Å². The zero-order valence-corrected chi connectivity index (χ0v) is 14.9. The van der Waals surface area contributed by atoms with Crippen LogP contribution >= 0.6 is 0 Å². The lowest BCUT2D eigenvalue weighted by Crippen LogP contribution is -2.51. The van der Waals surface area contributed by atoms with Crippen LogP contribution < -0.4 is 10.1 Å². The third kappa shape index (κ3) is 3.93. The monoisotopic (exact) mass is 369 g/mol. The quantitative estimate of drug-likeness (QED) is 0.741. The van der Waals surface area contributed by atoms with Crippen molar-refractivity contribution in [3.05, 3.63) is 59.7 Å². The summed E-state index contributed by atoms with van der Waals surface area (Å²) in [6.07, 6.45) is 0.236. The Labute approximate surface area is 155 Å². The molecular formula is C20H20FN3O3. The van der Waals surface area contributed by atoms with Gasteiger partial charge in [0.25, 0.3) is 5.91 Å². The largest absolute Gasteiger partial charge is 0.486 e. The topological polar surface area (TPSA) is 76.2 Å². The van der Waals surface area contributed by atoms with E-state index in [0.29, 0.717) is 30.9 Å². The molecule has 27 heavy (non-hydrogen) atoms. The van der Waals surface area contributed by atoms with E-state index in [1.807, 2.05) is 13.0 Å². The molecule has 0 saturated carbocycles. The Hall–Kier alpha value is -2.93. The summed E-state index contributed by atoms with van der Waals surface area (Å²) in [7, 11) is 0. The highest BCUT2D eigenvalue weighted by Crippen LogP contribution is 2.20. The van der Waals surface area contributed by atoms with Gasteiger partial charge in [-0.25, -0.2) is 9.37 Å². The van der Waals surface area contributed by atoms with Crippen molar-refractivity contribution in [2.24, 2.45) is 0 Å². The van der Waals surface area contributed by atoms with E-state index in [0.717, 1.165) is 16.9 Å². The number of nitrogens with one attached hydrogen (secondary N) is 2. The zero-order chi connectivity index (χ0) is 18.8. The molecule has 2 heterocycles. The number of carbonyl (C=O) groups is 1. The standard InChI is InChI=1S/C20H20FN3O3/c1-12-22-16-6-5-13(9-18(16)23-12)20(25)24-17-7-8-26-11-19(17)27-15-4-2-3-14(21)10-15/h2-6,9-10,17,19H,7-8,11H2,1H3,(H,22,23)(H,24,25)/t17-,19-/m1/s1. The second kappa shape index (κ2) is 7.36. The van der Waals surface area contributed by atoms with E-state index >= 15 is 0 Å². The number of benzene rings is 2. The van der Waals surface area contributed by atoms with Gasteiger partial charge in [-0.05, 0) is 43.7 Å². The van der Waals surface area contributed by atoms with Gasteiger partial charge >= 0.3 is 0 Å². The molecule has 0 spiro atoms. The molecule has 2 atom stereocenters. The first-order valence-electron chi connectivity index (χ1n) is 8.86. The molecule has 1 aliphatic heterocycles. The lowest BCUT2D eigenvalue weighted by atomic mass is 10.0. The molecule has 140 valence electrons. The Morgan fingerprint density at radius 2 is 2.22 bits per heavy atom. The lowest BCUT2D eigenvalue weighted by Gasteiger charge is -2.32. The van der Waals surface area contributed by atoms with E-state index in [4.69, 9.17) is 9.47 Å². The van der Waals surface area contributed by atoms with Crippen LogP contribution in [0.5, 0.6) is 5.75 Å². The summed E-state index contributed by atoms with van der Waals surface area (Å²) in [4.78, 5) is 20.2. The maximum absolute atomic E-state index is 13.4. The number of fused-ring (bicyclic) bond motifs is 1. The molecular weight excluding hydrogens is 349 g/mol. The number of amides is 1. The number of ether oxygens (including phenoxy) is 2. The average Bonchev–Trinajstić information content (AvgIpc) is 3.02. The first-order valence-corrected chi connectivity index (χ1v) is 8.86. The SMILES string of the molecule is Cc1nc2ccc(C(=O)N[C@@H]3CCOC[C@H]3Oc3cccc(F)c3)cc2[nH]1. The fourth-order valence-electron chi connectivity index (χ4n) is 3.24. The van der Waals surface area contributed by atoms with Crippen molar-refractivity contribution >= 4 is 16.9 Å². The second-order valence-electron chi connectivity index (χ2n) is 6.61. The molecule has 1 saturated heterocycles. The van der Waals surface area contributed by atoms with E-state index in [1.165, 1.54) is 12.1 Å². The van der Waals surface area contributed by atoms with Crippen LogP contribution in [0.2, 0.25) is 0 Å². The molecule has 3 aromatic rings. The van der Waals surface area contributed by atoms with Crippen LogP contribution in [0.15, 0.2) is 42.5 Å². The highest BCUT2D eigenvalue weighted by molar-refractivity contribution is 5.97. The van der Waals surface area contributed by atoms with Gasteiger partial charge in [0.1, 0.15) is 23.5 Å². The fourth-order valence-corrected chi connectivity index (χ4v) is 3.24. The smallest absolute Gasteiger partial charge is 0.251 e. The first-order chi connectivity index (χ1) is 13.1. The highest BCUT2D eigenvalue weighted by Gasteiger charge is 2.29. The van der Waals surface area contributed by atoms with Crippen molar-refractivity contribution in [1.29, 1.82) is 0 Å². The van der Waals surface area contributed by atoms with Crippen LogP contribution in [-0.4, -0.2) is 41.2 Å². The number of aryl methyl sites for hydroxylation is 1. The minimum Gasteiger partial charge on any atom is -0.486 e. The van der Waals surface area contributed by atoms with Gasteiger partial charge in [0.2, 0.25) is 0 Å². The van der Waals surface area contributed by atoms with Gasteiger partial charge in [-0.15, -0.1) is 0 Å². The highest BCUT2D eigenvalue weighted by atomic mass is 19.1. The summed E-state index contributed by atoms with van der Waals surface area (Å²) in [5.74, 6) is 0.659. The Morgan fingerprint density at radius 1 is 1.33 bits per heavy atom. The predicted octanol–water partition coefficient (Wildman–Crippen LogP) is 2.98. The van der Waals surface area contributed by atoms with Gasteiger partial charge in [-0.1, -0.05) is 6.07 Å². The number of aromatic amines is 1. The van der Waals surface area contributed by atoms with Crippen LogP contribution in [0.25, 0.3) is 11.0 Å². The lowest BCUT2D eigenvalue weighted by molar-refractivity contribution is -0.0136. The number of H-pyrrole nitrogens is 1. The molecule has 0 aliphatic carbocycles. The van der Waals surface area contributed by atoms with Gasteiger partial charge in [-0.2, -0.15) is 0 Å². The van der Waals surface area contributed by atoms with Gasteiger partial charge in [0.15, 0.2) is 0 Å². The molecule has 2 aromatic carbocycles. The maximum Gasteiger partial charge on any atom is 0.251 e. The number of rotatable bonds is 4. The Morgan fingerprint density at radius 3 is 3.07 bits per heavy atom. The van der Waals surface area contributed by atoms with Crippen LogP contribution in [-0.2, 0) is 4.74 Å². The van der Waals surface area contributed by atoms with Crippen molar-refractivity contribution in [3.8, 4) is 5.75 Å². The van der Waals surface area contributed by atoms with E-state index < -0.39 is 0 Å². The van der Waals surface area contributed by atoms with Crippen LogP contribution in [0.1, 0.15) is 22.6 Å². The number of imidazole rings is 1. The van der Waals surface area contributed by atoms with Gasteiger partial charge in [0, 0.05) is 18.2 Å². The van der Waals surface area contributed by atoms with Crippen LogP contribution in [0.4, 0.5) is 4.39 Å². The number of nitrogens with zero attached hydrogens (tertiary/aromatic N) is 1. The van der Waals surface area contributed by atoms with Crippen molar-refractivity contribution < 1.29 is 18.7 Å². The molecule has 0 radical (unpaired) electrons. The van der Waals surface area contributed by atoms with Crippen molar-refractivity contribution in [2.45, 2.75) is 25.5 Å². The van der Waals surface area contributed by atoms with Gasteiger partial charge < -0.3 is 19.8 Å². The number of carbonyl (C=O) groups excluding carboxylic acids is 1. The fraction of sp³-hybridized carbons (Fsp3) is 0.300. The predicted molar refractivity (Wildman–Crippen MR) is 98.3 cm³/mol. The molecule has 1 aliphatic rings. The molecule has 4 rings (SSSR count). The summed E-state index contributed by atoms with van der Waals surface area (Å²) in [6.45, 7) is 2.74. The molecule has 7 heteroatoms. The third-order valence-corrected chi connectivity index (χ3v) is 4.57. The minimum atomic E-state index is -0.386. The van der Waals surface area contributed by atoms with Crippen molar-refractivity contribution in [2.75, 3.05) is 13.2 Å². The van der Waals surface area contributed by atoms with Gasteiger partial charge in [-0.3, -0.25) is 4.79 Å². The first kappa shape index (κ1) is 17.5.